The molecule has 1 atom stereocenters. The summed E-state index contributed by atoms with van der Waals surface area (Å²) in [4.78, 5) is 6.54. The Morgan fingerprint density at radius 1 is 1.44 bits per heavy atom. The van der Waals surface area contributed by atoms with Gasteiger partial charge in [-0.3, -0.25) is 0 Å². The molecule has 0 bridgehead atoms. The van der Waals surface area contributed by atoms with Crippen LogP contribution < -0.4 is 5.73 Å². The van der Waals surface area contributed by atoms with Gasteiger partial charge < -0.3 is 15.2 Å². The predicted molar refractivity (Wildman–Crippen MR) is 77.0 cm³/mol. The van der Waals surface area contributed by atoms with E-state index in [9.17, 15) is 0 Å². The molecular formula is C13H19ClN4. The highest BCUT2D eigenvalue weighted by Crippen LogP contribution is 2.26. The summed E-state index contributed by atoms with van der Waals surface area (Å²) in [7, 11) is 4.14. The molecule has 0 fully saturated rings. The van der Waals surface area contributed by atoms with E-state index in [1.165, 1.54) is 0 Å². The van der Waals surface area contributed by atoms with Crippen molar-refractivity contribution in [3.63, 3.8) is 0 Å². The van der Waals surface area contributed by atoms with Crippen LogP contribution in [0.15, 0.2) is 18.2 Å². The monoisotopic (exact) mass is 266 g/mol. The lowest BCUT2D eigenvalue weighted by Crippen LogP contribution is -2.18. The zero-order valence-corrected chi connectivity index (χ0v) is 11.8. The first-order valence-corrected chi connectivity index (χ1v) is 6.44. The van der Waals surface area contributed by atoms with E-state index in [4.69, 9.17) is 17.3 Å². The molecule has 0 aliphatic heterocycles. The Labute approximate surface area is 112 Å². The van der Waals surface area contributed by atoms with Gasteiger partial charge in [-0.1, -0.05) is 11.6 Å². The number of hydrogen-bond donors (Lipinski definition) is 1. The van der Waals surface area contributed by atoms with Crippen LogP contribution in [0.1, 0.15) is 19.4 Å². The van der Waals surface area contributed by atoms with Crippen molar-refractivity contribution in [2.75, 3.05) is 26.4 Å². The number of aromatic nitrogens is 2. The van der Waals surface area contributed by atoms with Crippen LogP contribution in [0.4, 0.5) is 5.95 Å². The third kappa shape index (κ3) is 2.60. The van der Waals surface area contributed by atoms with Gasteiger partial charge in [0.05, 0.1) is 11.0 Å². The zero-order valence-electron chi connectivity index (χ0n) is 11.0. The molecule has 0 aliphatic rings. The van der Waals surface area contributed by atoms with E-state index in [1.807, 2.05) is 18.2 Å². The van der Waals surface area contributed by atoms with Gasteiger partial charge in [0.25, 0.3) is 0 Å². The van der Waals surface area contributed by atoms with Crippen LogP contribution in [0.3, 0.4) is 0 Å². The van der Waals surface area contributed by atoms with Gasteiger partial charge in [0.2, 0.25) is 5.95 Å². The van der Waals surface area contributed by atoms with Crippen molar-refractivity contribution in [2.24, 2.45) is 0 Å². The highest BCUT2D eigenvalue weighted by Gasteiger charge is 2.14. The summed E-state index contributed by atoms with van der Waals surface area (Å²) in [6, 6.07) is 5.97. The number of nitrogens with zero attached hydrogens (tertiary/aromatic N) is 3. The molecule has 18 heavy (non-hydrogen) atoms. The van der Waals surface area contributed by atoms with Crippen molar-refractivity contribution in [1.29, 1.82) is 0 Å². The summed E-state index contributed by atoms with van der Waals surface area (Å²) in [6.07, 6.45) is 1.02. The number of benzene rings is 1. The standard InChI is InChI=1S/C13H19ClN4/c1-9(6-7-17(2)3)18-12-8-10(14)4-5-11(12)16-13(18)15/h4-5,8-9H,6-7H2,1-3H3,(H2,15,16). The Morgan fingerprint density at radius 3 is 2.83 bits per heavy atom. The molecule has 0 saturated carbocycles. The topological polar surface area (TPSA) is 47.1 Å². The SMILES string of the molecule is CC(CCN(C)C)n1c(N)nc2ccc(Cl)cc21. The quantitative estimate of drug-likeness (QED) is 0.926. The molecule has 0 saturated heterocycles. The van der Waals surface area contributed by atoms with E-state index in [1.54, 1.807) is 0 Å². The fraction of sp³-hybridized carbons (Fsp3) is 0.462. The highest BCUT2D eigenvalue weighted by atomic mass is 35.5. The Bertz CT molecular complexity index is 547. The maximum absolute atomic E-state index is 6.04. The molecule has 0 amide bonds. The maximum atomic E-state index is 6.04. The summed E-state index contributed by atoms with van der Waals surface area (Å²) >= 11 is 6.04. The smallest absolute Gasteiger partial charge is 0.201 e. The second kappa shape index (κ2) is 5.16. The van der Waals surface area contributed by atoms with Crippen LogP contribution in [-0.2, 0) is 0 Å². The molecule has 1 aromatic carbocycles. The molecule has 2 aromatic rings. The molecule has 98 valence electrons. The average molecular weight is 267 g/mol. The van der Waals surface area contributed by atoms with E-state index in [-0.39, 0.29) is 0 Å². The second-order valence-corrected chi connectivity index (χ2v) is 5.35. The minimum Gasteiger partial charge on any atom is -0.369 e. The molecule has 1 unspecified atom stereocenters. The molecule has 0 radical (unpaired) electrons. The zero-order chi connectivity index (χ0) is 13.3. The fourth-order valence-corrected chi connectivity index (χ4v) is 2.29. The van der Waals surface area contributed by atoms with E-state index in [2.05, 4.69) is 35.5 Å². The highest BCUT2D eigenvalue weighted by molar-refractivity contribution is 6.31. The minimum absolute atomic E-state index is 0.302. The summed E-state index contributed by atoms with van der Waals surface area (Å²) in [5.74, 6) is 0.554. The average Bonchev–Trinajstić information content (AvgIpc) is 2.61. The molecular weight excluding hydrogens is 248 g/mol. The van der Waals surface area contributed by atoms with Gasteiger partial charge in [0.15, 0.2) is 0 Å². The molecule has 0 aliphatic carbocycles. The lowest BCUT2D eigenvalue weighted by atomic mass is 10.2. The van der Waals surface area contributed by atoms with Gasteiger partial charge >= 0.3 is 0 Å². The minimum atomic E-state index is 0.302. The first-order valence-electron chi connectivity index (χ1n) is 6.06. The van der Waals surface area contributed by atoms with Crippen LogP contribution in [0.2, 0.25) is 5.02 Å². The van der Waals surface area contributed by atoms with Crippen LogP contribution in [0, 0.1) is 0 Å². The summed E-state index contributed by atoms with van der Waals surface area (Å²) in [5.41, 5.74) is 7.91. The molecule has 2 N–H and O–H groups in total. The van der Waals surface area contributed by atoms with Crippen molar-refractivity contribution in [1.82, 2.24) is 14.5 Å². The van der Waals surface area contributed by atoms with Gasteiger partial charge in [0.1, 0.15) is 0 Å². The molecule has 5 heteroatoms. The Balaban J connectivity index is 2.36. The Hall–Kier alpha value is -1.26. The molecule has 1 heterocycles. The summed E-state index contributed by atoms with van der Waals surface area (Å²) in [5, 5.41) is 0.712. The van der Waals surface area contributed by atoms with Crippen molar-refractivity contribution >= 4 is 28.6 Å². The molecule has 4 nitrogen and oxygen atoms in total. The van der Waals surface area contributed by atoms with Crippen molar-refractivity contribution in [3.05, 3.63) is 23.2 Å². The van der Waals surface area contributed by atoms with Gasteiger partial charge in [-0.2, -0.15) is 0 Å². The van der Waals surface area contributed by atoms with Gasteiger partial charge in [-0.15, -0.1) is 0 Å². The van der Waals surface area contributed by atoms with Crippen LogP contribution in [0.25, 0.3) is 11.0 Å². The van der Waals surface area contributed by atoms with Gasteiger partial charge in [-0.05, 0) is 52.2 Å². The third-order valence-corrected chi connectivity index (χ3v) is 3.35. The number of imidazole rings is 1. The molecule has 2 rings (SSSR count). The molecule has 1 aromatic heterocycles. The number of hydrogen-bond acceptors (Lipinski definition) is 3. The van der Waals surface area contributed by atoms with Crippen LogP contribution >= 0.6 is 11.6 Å². The number of anilines is 1. The van der Waals surface area contributed by atoms with Crippen molar-refractivity contribution < 1.29 is 0 Å². The van der Waals surface area contributed by atoms with E-state index < -0.39 is 0 Å². The number of nitrogen functional groups attached to an aromatic ring is 1. The fourth-order valence-electron chi connectivity index (χ4n) is 2.12. The summed E-state index contributed by atoms with van der Waals surface area (Å²) in [6.45, 7) is 3.17. The Morgan fingerprint density at radius 2 is 2.17 bits per heavy atom. The van der Waals surface area contributed by atoms with Gasteiger partial charge in [-0.25, -0.2) is 4.98 Å². The predicted octanol–water partition coefficient (Wildman–Crippen LogP) is 2.78. The largest absolute Gasteiger partial charge is 0.369 e. The number of halogens is 1. The van der Waals surface area contributed by atoms with Gasteiger partial charge in [0, 0.05) is 11.1 Å². The Kier molecular flexibility index (Phi) is 3.78. The lowest BCUT2D eigenvalue weighted by molar-refractivity contribution is 0.362. The third-order valence-electron chi connectivity index (χ3n) is 3.11. The number of rotatable bonds is 4. The number of fused-ring (bicyclic) bond motifs is 1. The molecule has 0 spiro atoms. The van der Waals surface area contributed by atoms with E-state index >= 15 is 0 Å². The second-order valence-electron chi connectivity index (χ2n) is 4.91. The maximum Gasteiger partial charge on any atom is 0.201 e. The van der Waals surface area contributed by atoms with Crippen LogP contribution in [0.5, 0.6) is 0 Å². The van der Waals surface area contributed by atoms with Crippen molar-refractivity contribution in [3.8, 4) is 0 Å². The van der Waals surface area contributed by atoms with E-state index in [0.29, 0.717) is 17.0 Å². The normalized spacial score (nSPS) is 13.4. The number of nitrogens with two attached hydrogens (primary N) is 1. The van der Waals surface area contributed by atoms with Crippen molar-refractivity contribution in [2.45, 2.75) is 19.4 Å². The summed E-state index contributed by atoms with van der Waals surface area (Å²) < 4.78 is 2.06. The first kappa shape index (κ1) is 13.2. The van der Waals surface area contributed by atoms with E-state index in [0.717, 1.165) is 24.0 Å². The lowest BCUT2D eigenvalue weighted by Gasteiger charge is -2.18. The van der Waals surface area contributed by atoms with Crippen LogP contribution in [-0.4, -0.2) is 35.1 Å². The first-order chi connectivity index (χ1) is 8.49.